The van der Waals surface area contributed by atoms with Crippen LogP contribution in [0.1, 0.15) is 30.0 Å². The second-order valence-corrected chi connectivity index (χ2v) is 5.31. The molecule has 0 amide bonds. The first kappa shape index (κ1) is 15.3. The van der Waals surface area contributed by atoms with E-state index in [9.17, 15) is 13.2 Å². The smallest absolute Gasteiger partial charge is 0.314 e. The monoisotopic (exact) mass is 286 g/mol. The molecule has 1 aromatic rings. The highest BCUT2D eigenvalue weighted by atomic mass is 19.4. The van der Waals surface area contributed by atoms with Gasteiger partial charge in [0.1, 0.15) is 0 Å². The average molecular weight is 286 g/mol. The fourth-order valence-corrected chi connectivity index (χ4v) is 2.79. The zero-order chi connectivity index (χ0) is 14.6. The summed E-state index contributed by atoms with van der Waals surface area (Å²) in [6, 6.07) is 7.62. The van der Waals surface area contributed by atoms with Crippen molar-refractivity contribution in [2.75, 3.05) is 26.2 Å². The Hall–Kier alpha value is -1.07. The fraction of sp³-hybridized carbons (Fsp3) is 0.600. The molecule has 1 fully saturated rings. The zero-order valence-electron chi connectivity index (χ0n) is 11.7. The van der Waals surface area contributed by atoms with Gasteiger partial charge in [0.15, 0.2) is 0 Å². The van der Waals surface area contributed by atoms with Gasteiger partial charge in [-0.3, -0.25) is 4.90 Å². The summed E-state index contributed by atoms with van der Waals surface area (Å²) >= 11 is 0. The van der Waals surface area contributed by atoms with E-state index in [0.29, 0.717) is 0 Å². The van der Waals surface area contributed by atoms with Gasteiger partial charge in [0.05, 0.1) is 0 Å². The number of hydrogen-bond acceptors (Lipinski definition) is 2. The molecule has 1 aliphatic heterocycles. The molecule has 0 aliphatic carbocycles. The number of hydrogen-bond donors (Lipinski definition) is 1. The molecule has 0 saturated carbocycles. The number of nitrogens with one attached hydrogen (secondary N) is 1. The van der Waals surface area contributed by atoms with Crippen molar-refractivity contribution in [3.8, 4) is 0 Å². The minimum absolute atomic E-state index is 0.133. The van der Waals surface area contributed by atoms with Crippen LogP contribution in [0.5, 0.6) is 0 Å². The van der Waals surface area contributed by atoms with Crippen molar-refractivity contribution in [1.29, 1.82) is 0 Å². The van der Waals surface area contributed by atoms with Crippen molar-refractivity contribution >= 4 is 0 Å². The van der Waals surface area contributed by atoms with Crippen LogP contribution in [0.4, 0.5) is 13.2 Å². The van der Waals surface area contributed by atoms with E-state index in [1.807, 2.05) is 31.2 Å². The van der Waals surface area contributed by atoms with Gasteiger partial charge in [-0.15, -0.1) is 0 Å². The minimum Gasteiger partial charge on any atom is -0.314 e. The first-order valence-electron chi connectivity index (χ1n) is 7.04. The third-order valence-corrected chi connectivity index (χ3v) is 3.84. The van der Waals surface area contributed by atoms with E-state index in [4.69, 9.17) is 0 Å². The van der Waals surface area contributed by atoms with E-state index in [2.05, 4.69) is 10.2 Å². The molecule has 1 heterocycles. The van der Waals surface area contributed by atoms with Gasteiger partial charge in [0.25, 0.3) is 0 Å². The van der Waals surface area contributed by atoms with Gasteiger partial charge in [0, 0.05) is 38.6 Å². The molecule has 0 unspecified atom stereocenters. The number of aryl methyl sites for hydroxylation is 1. The van der Waals surface area contributed by atoms with Crippen molar-refractivity contribution in [1.82, 2.24) is 10.2 Å². The predicted octanol–water partition coefficient (Wildman–Crippen LogP) is 3.28. The van der Waals surface area contributed by atoms with Gasteiger partial charge in [-0.25, -0.2) is 0 Å². The standard InChI is InChI=1S/C15H21F3N2/c1-12-4-2-3-5-13(12)14(6-7-15(16,17)18)20-10-8-19-9-11-20/h2-5,14,19H,6-11H2,1H3/t14-/m1/s1. The summed E-state index contributed by atoms with van der Waals surface area (Å²) in [5, 5.41) is 3.24. The minimum atomic E-state index is -4.09. The molecule has 0 aromatic heterocycles. The quantitative estimate of drug-likeness (QED) is 0.913. The molecule has 2 rings (SSSR count). The van der Waals surface area contributed by atoms with E-state index >= 15 is 0 Å². The SMILES string of the molecule is Cc1ccccc1[C@@H](CCC(F)(F)F)N1CCNCC1. The Kier molecular flexibility index (Phi) is 5.05. The lowest BCUT2D eigenvalue weighted by Crippen LogP contribution is -2.45. The molecular weight excluding hydrogens is 265 g/mol. The lowest BCUT2D eigenvalue weighted by Gasteiger charge is -2.36. The summed E-state index contributed by atoms with van der Waals surface area (Å²) < 4.78 is 37.7. The third kappa shape index (κ3) is 4.21. The lowest BCUT2D eigenvalue weighted by atomic mass is 9.95. The zero-order valence-corrected chi connectivity index (χ0v) is 11.7. The van der Waals surface area contributed by atoms with Crippen molar-refractivity contribution < 1.29 is 13.2 Å². The summed E-state index contributed by atoms with van der Waals surface area (Å²) in [7, 11) is 0. The van der Waals surface area contributed by atoms with Crippen LogP contribution in [0.3, 0.4) is 0 Å². The van der Waals surface area contributed by atoms with Gasteiger partial charge >= 0.3 is 6.18 Å². The Labute approximate surface area is 118 Å². The first-order valence-corrected chi connectivity index (χ1v) is 7.04. The van der Waals surface area contributed by atoms with E-state index in [0.717, 1.165) is 37.3 Å². The third-order valence-electron chi connectivity index (χ3n) is 3.84. The predicted molar refractivity (Wildman–Crippen MR) is 73.7 cm³/mol. The molecule has 1 atom stereocenters. The van der Waals surface area contributed by atoms with Crippen LogP contribution in [-0.4, -0.2) is 37.3 Å². The summed E-state index contributed by atoms with van der Waals surface area (Å²) in [4.78, 5) is 2.17. The molecular formula is C15H21F3N2. The van der Waals surface area contributed by atoms with E-state index in [1.165, 1.54) is 0 Å². The summed E-state index contributed by atoms with van der Waals surface area (Å²) in [5.74, 6) is 0. The first-order chi connectivity index (χ1) is 9.47. The fourth-order valence-electron chi connectivity index (χ4n) is 2.79. The van der Waals surface area contributed by atoms with Crippen LogP contribution in [0.15, 0.2) is 24.3 Å². The molecule has 5 heteroatoms. The molecule has 20 heavy (non-hydrogen) atoms. The van der Waals surface area contributed by atoms with Gasteiger partial charge < -0.3 is 5.32 Å². The molecule has 0 bridgehead atoms. The molecule has 0 radical (unpaired) electrons. The highest BCUT2D eigenvalue weighted by Crippen LogP contribution is 2.33. The Balaban J connectivity index is 2.17. The van der Waals surface area contributed by atoms with Crippen molar-refractivity contribution in [3.05, 3.63) is 35.4 Å². The summed E-state index contributed by atoms with van der Waals surface area (Å²) in [5.41, 5.74) is 2.09. The van der Waals surface area contributed by atoms with Gasteiger partial charge in [-0.1, -0.05) is 24.3 Å². The van der Waals surface area contributed by atoms with Gasteiger partial charge in [0.2, 0.25) is 0 Å². The lowest BCUT2D eigenvalue weighted by molar-refractivity contribution is -0.138. The topological polar surface area (TPSA) is 15.3 Å². The Morgan fingerprint density at radius 1 is 1.20 bits per heavy atom. The molecule has 0 spiro atoms. The van der Waals surface area contributed by atoms with Crippen molar-refractivity contribution in [2.24, 2.45) is 0 Å². The maximum Gasteiger partial charge on any atom is 0.389 e. The van der Waals surface area contributed by atoms with Crippen LogP contribution < -0.4 is 5.32 Å². The molecule has 1 aliphatic rings. The molecule has 1 N–H and O–H groups in total. The van der Waals surface area contributed by atoms with Crippen LogP contribution in [0.2, 0.25) is 0 Å². The van der Waals surface area contributed by atoms with Crippen LogP contribution >= 0.6 is 0 Å². The van der Waals surface area contributed by atoms with Crippen LogP contribution in [-0.2, 0) is 0 Å². The van der Waals surface area contributed by atoms with Gasteiger partial charge in [-0.05, 0) is 24.5 Å². The second-order valence-electron chi connectivity index (χ2n) is 5.31. The number of halogens is 3. The van der Waals surface area contributed by atoms with Crippen LogP contribution in [0, 0.1) is 6.92 Å². The maximum atomic E-state index is 12.6. The number of nitrogens with zero attached hydrogens (tertiary/aromatic N) is 1. The summed E-state index contributed by atoms with van der Waals surface area (Å²) in [6.07, 6.45) is -4.68. The highest BCUT2D eigenvalue weighted by molar-refractivity contribution is 5.29. The van der Waals surface area contributed by atoms with Crippen molar-refractivity contribution in [2.45, 2.75) is 32.0 Å². The normalized spacial score (nSPS) is 19.0. The number of rotatable bonds is 4. The van der Waals surface area contributed by atoms with Crippen LogP contribution in [0.25, 0.3) is 0 Å². The molecule has 2 nitrogen and oxygen atoms in total. The Morgan fingerprint density at radius 3 is 2.45 bits per heavy atom. The number of alkyl halides is 3. The average Bonchev–Trinajstić information content (AvgIpc) is 2.41. The Morgan fingerprint density at radius 2 is 1.85 bits per heavy atom. The second kappa shape index (κ2) is 6.59. The Bertz CT molecular complexity index is 425. The van der Waals surface area contributed by atoms with Gasteiger partial charge in [-0.2, -0.15) is 13.2 Å². The van der Waals surface area contributed by atoms with E-state index in [-0.39, 0.29) is 12.5 Å². The maximum absolute atomic E-state index is 12.6. The highest BCUT2D eigenvalue weighted by Gasteiger charge is 2.31. The van der Waals surface area contributed by atoms with E-state index in [1.54, 1.807) is 0 Å². The summed E-state index contributed by atoms with van der Waals surface area (Å²) in [6.45, 7) is 5.26. The molecule has 1 aromatic carbocycles. The van der Waals surface area contributed by atoms with E-state index < -0.39 is 12.6 Å². The number of piperazine rings is 1. The number of benzene rings is 1. The largest absolute Gasteiger partial charge is 0.389 e. The van der Waals surface area contributed by atoms with Crippen molar-refractivity contribution in [3.63, 3.8) is 0 Å². The molecule has 1 saturated heterocycles. The molecule has 112 valence electrons.